The summed E-state index contributed by atoms with van der Waals surface area (Å²) in [5.41, 5.74) is 1.85. The monoisotopic (exact) mass is 365 g/mol. The van der Waals surface area contributed by atoms with Gasteiger partial charge in [0, 0.05) is 31.3 Å². The Hall–Kier alpha value is -2.74. The number of hydrogen-bond donors (Lipinski definition) is 2. The van der Waals surface area contributed by atoms with Gasteiger partial charge in [-0.15, -0.1) is 0 Å². The lowest BCUT2D eigenvalue weighted by atomic mass is 10.1. The molecule has 0 amide bonds. The average molecular weight is 365 g/mol. The van der Waals surface area contributed by atoms with Crippen LogP contribution in [-0.4, -0.2) is 19.8 Å². The molecule has 0 radical (unpaired) electrons. The van der Waals surface area contributed by atoms with E-state index >= 15 is 0 Å². The number of hydrogen-bond acceptors (Lipinski definition) is 3. The van der Waals surface area contributed by atoms with Crippen molar-refractivity contribution in [2.75, 3.05) is 13.8 Å². The number of fused-ring (bicyclic) bond motifs is 1. The molecule has 0 saturated heterocycles. The predicted molar refractivity (Wildman–Crippen MR) is 90.1 cm³/mol. The largest absolute Gasteiger partial charge is 0.467 e. The highest BCUT2D eigenvalue weighted by Crippen LogP contribution is 2.29. The van der Waals surface area contributed by atoms with Crippen LogP contribution < -0.4 is 15.4 Å². The molecule has 0 saturated carbocycles. The number of rotatable bonds is 4. The molecule has 1 aliphatic heterocycles. The summed E-state index contributed by atoms with van der Waals surface area (Å²) in [5, 5.41) is 6.03. The van der Waals surface area contributed by atoms with Crippen molar-refractivity contribution in [3.8, 4) is 5.75 Å². The quantitative estimate of drug-likeness (QED) is 0.646. The number of nitrogens with one attached hydrogen (secondary N) is 2. The van der Waals surface area contributed by atoms with Crippen LogP contribution in [0.25, 0.3) is 0 Å². The standard InChI is InChI=1S/C18H18F3N3O2/c1-22-18(23-7-11-2-3-15(20)16(21)4-11)24-8-12-5-14(19)6-13-9-25-10-26-17(12)13/h2-6H,7-10H2,1H3,(H2,22,23,24). The zero-order valence-corrected chi connectivity index (χ0v) is 14.1. The van der Waals surface area contributed by atoms with Crippen LogP contribution in [0.15, 0.2) is 35.3 Å². The number of benzene rings is 2. The maximum absolute atomic E-state index is 13.8. The Balaban J connectivity index is 1.62. The van der Waals surface area contributed by atoms with Gasteiger partial charge in [0.25, 0.3) is 0 Å². The van der Waals surface area contributed by atoms with Crippen molar-refractivity contribution in [2.24, 2.45) is 4.99 Å². The van der Waals surface area contributed by atoms with E-state index in [4.69, 9.17) is 9.47 Å². The van der Waals surface area contributed by atoms with E-state index in [-0.39, 0.29) is 25.7 Å². The Morgan fingerprint density at radius 2 is 1.88 bits per heavy atom. The van der Waals surface area contributed by atoms with Crippen molar-refractivity contribution in [1.82, 2.24) is 10.6 Å². The van der Waals surface area contributed by atoms with Gasteiger partial charge in [-0.05, 0) is 29.8 Å². The lowest BCUT2D eigenvalue weighted by Gasteiger charge is -2.21. The number of halogens is 3. The van der Waals surface area contributed by atoms with E-state index in [0.29, 0.717) is 35.0 Å². The van der Waals surface area contributed by atoms with Gasteiger partial charge in [0.1, 0.15) is 11.6 Å². The molecule has 26 heavy (non-hydrogen) atoms. The third kappa shape index (κ3) is 4.26. The molecule has 0 aromatic heterocycles. The molecule has 0 bridgehead atoms. The van der Waals surface area contributed by atoms with Crippen molar-refractivity contribution in [2.45, 2.75) is 19.7 Å². The van der Waals surface area contributed by atoms with Gasteiger partial charge in [0.15, 0.2) is 24.4 Å². The fourth-order valence-electron chi connectivity index (χ4n) is 2.62. The average Bonchev–Trinajstić information content (AvgIpc) is 2.64. The third-order valence-corrected chi connectivity index (χ3v) is 3.87. The van der Waals surface area contributed by atoms with Gasteiger partial charge in [-0.25, -0.2) is 13.2 Å². The van der Waals surface area contributed by atoms with E-state index in [1.165, 1.54) is 18.2 Å². The minimum Gasteiger partial charge on any atom is -0.467 e. The molecular formula is C18H18F3N3O2. The molecule has 1 heterocycles. The summed E-state index contributed by atoms with van der Waals surface area (Å²) in [4.78, 5) is 4.06. The Morgan fingerprint density at radius 3 is 2.65 bits per heavy atom. The first kappa shape index (κ1) is 18.1. The van der Waals surface area contributed by atoms with Crippen LogP contribution in [0.5, 0.6) is 5.75 Å². The highest BCUT2D eigenvalue weighted by Gasteiger charge is 2.17. The summed E-state index contributed by atoms with van der Waals surface area (Å²) < 4.78 is 50.6. The lowest BCUT2D eigenvalue weighted by Crippen LogP contribution is -2.36. The molecule has 3 rings (SSSR count). The van der Waals surface area contributed by atoms with Crippen molar-refractivity contribution in [3.05, 3.63) is 64.5 Å². The van der Waals surface area contributed by atoms with Gasteiger partial charge in [-0.1, -0.05) is 6.07 Å². The van der Waals surface area contributed by atoms with Crippen molar-refractivity contribution < 1.29 is 22.6 Å². The molecule has 2 aromatic rings. The van der Waals surface area contributed by atoms with E-state index in [2.05, 4.69) is 15.6 Å². The molecule has 0 aliphatic carbocycles. The first-order valence-electron chi connectivity index (χ1n) is 7.97. The summed E-state index contributed by atoms with van der Waals surface area (Å²) in [6.45, 7) is 0.942. The molecule has 138 valence electrons. The van der Waals surface area contributed by atoms with Crippen LogP contribution in [0.4, 0.5) is 13.2 Å². The van der Waals surface area contributed by atoms with Crippen LogP contribution >= 0.6 is 0 Å². The second-order valence-electron chi connectivity index (χ2n) is 5.69. The molecular weight excluding hydrogens is 347 g/mol. The highest BCUT2D eigenvalue weighted by atomic mass is 19.2. The minimum atomic E-state index is -0.905. The van der Waals surface area contributed by atoms with E-state index in [0.717, 1.165) is 12.1 Å². The predicted octanol–water partition coefficient (Wildman–Crippen LogP) is 2.84. The molecule has 0 unspecified atom stereocenters. The summed E-state index contributed by atoms with van der Waals surface area (Å²) >= 11 is 0. The maximum atomic E-state index is 13.8. The van der Waals surface area contributed by atoms with Crippen LogP contribution in [0.1, 0.15) is 16.7 Å². The number of ether oxygens (including phenoxy) is 2. The molecule has 2 aromatic carbocycles. The van der Waals surface area contributed by atoms with Crippen LogP contribution in [0.2, 0.25) is 0 Å². The Labute approximate surface area is 148 Å². The zero-order chi connectivity index (χ0) is 18.5. The topological polar surface area (TPSA) is 54.9 Å². The number of aliphatic imine (C=N–C) groups is 1. The Kier molecular flexibility index (Phi) is 5.62. The lowest BCUT2D eigenvalue weighted by molar-refractivity contribution is -0.0172. The van der Waals surface area contributed by atoms with E-state index in [1.807, 2.05) is 0 Å². The molecule has 5 nitrogen and oxygen atoms in total. The zero-order valence-electron chi connectivity index (χ0n) is 14.1. The van der Waals surface area contributed by atoms with Gasteiger partial charge in [0.05, 0.1) is 6.61 Å². The molecule has 0 spiro atoms. The molecule has 2 N–H and O–H groups in total. The fraction of sp³-hybridized carbons (Fsp3) is 0.278. The minimum absolute atomic E-state index is 0.120. The van der Waals surface area contributed by atoms with Gasteiger partial charge >= 0.3 is 0 Å². The second kappa shape index (κ2) is 8.09. The molecule has 8 heteroatoms. The SMILES string of the molecule is CN=C(NCc1ccc(F)c(F)c1)NCc1cc(F)cc2c1OCOC2. The van der Waals surface area contributed by atoms with Crippen molar-refractivity contribution in [1.29, 1.82) is 0 Å². The summed E-state index contributed by atoms with van der Waals surface area (Å²) in [6, 6.07) is 6.44. The van der Waals surface area contributed by atoms with E-state index < -0.39 is 11.6 Å². The van der Waals surface area contributed by atoms with E-state index in [9.17, 15) is 13.2 Å². The van der Waals surface area contributed by atoms with Gasteiger partial charge in [-0.2, -0.15) is 0 Å². The molecule has 1 aliphatic rings. The molecule has 0 atom stereocenters. The van der Waals surface area contributed by atoms with Crippen molar-refractivity contribution in [3.63, 3.8) is 0 Å². The Bertz CT molecular complexity index is 828. The smallest absolute Gasteiger partial charge is 0.191 e. The fourth-order valence-corrected chi connectivity index (χ4v) is 2.62. The number of nitrogens with zero attached hydrogens (tertiary/aromatic N) is 1. The summed E-state index contributed by atoms with van der Waals surface area (Å²) in [6.07, 6.45) is 0. The van der Waals surface area contributed by atoms with Crippen molar-refractivity contribution >= 4 is 5.96 Å². The number of guanidine groups is 1. The maximum Gasteiger partial charge on any atom is 0.191 e. The summed E-state index contributed by atoms with van der Waals surface area (Å²) in [5.74, 6) is -1.14. The second-order valence-corrected chi connectivity index (χ2v) is 5.69. The first-order valence-corrected chi connectivity index (χ1v) is 7.97. The van der Waals surface area contributed by atoms with Crippen LogP contribution in [0, 0.1) is 17.5 Å². The normalized spacial score (nSPS) is 13.8. The van der Waals surface area contributed by atoms with Gasteiger partial charge in [-0.3, -0.25) is 4.99 Å². The van der Waals surface area contributed by atoms with Gasteiger partial charge < -0.3 is 20.1 Å². The van der Waals surface area contributed by atoms with Gasteiger partial charge in [0.2, 0.25) is 0 Å². The first-order chi connectivity index (χ1) is 12.6. The van der Waals surface area contributed by atoms with Crippen LogP contribution in [-0.2, 0) is 24.4 Å². The highest BCUT2D eigenvalue weighted by molar-refractivity contribution is 5.79. The molecule has 0 fully saturated rings. The Morgan fingerprint density at radius 1 is 1.08 bits per heavy atom. The van der Waals surface area contributed by atoms with E-state index in [1.54, 1.807) is 7.05 Å². The third-order valence-electron chi connectivity index (χ3n) is 3.87. The summed E-state index contributed by atoms with van der Waals surface area (Å²) in [7, 11) is 1.58. The van der Waals surface area contributed by atoms with Crippen LogP contribution in [0.3, 0.4) is 0 Å².